The molecular weight excluding hydrogens is 394 g/mol. The maximum atomic E-state index is 11.4. The van der Waals surface area contributed by atoms with Gasteiger partial charge in [-0.25, -0.2) is 0 Å². The molecule has 4 nitrogen and oxygen atoms in total. The number of fused-ring (bicyclic) bond motifs is 1. The lowest BCUT2D eigenvalue weighted by molar-refractivity contribution is -0.135. The van der Waals surface area contributed by atoms with Crippen LogP contribution < -0.4 is 4.90 Å². The lowest BCUT2D eigenvalue weighted by atomic mass is 9.78. The number of aliphatic carboxylic acids is 1. The summed E-state index contributed by atoms with van der Waals surface area (Å²) in [6.07, 6.45) is 2.12. The molecule has 1 aliphatic heterocycles. The standard InChI is InChI=1S/C25H31NO3S/c1-24(2,3)18-12-16(13-19(23(18)29)25(4,5)6)11-17-14-26(15-22(27)28)20-9-7-8-10-21(20)30-17/h7-13,29H,14-15H2,1-6H3,(H,27,28)/b17-11+. The molecule has 0 fully saturated rings. The highest BCUT2D eigenvalue weighted by atomic mass is 32.2. The van der Waals surface area contributed by atoms with Crippen LogP contribution in [0.15, 0.2) is 46.2 Å². The van der Waals surface area contributed by atoms with Crippen LogP contribution in [0.3, 0.4) is 0 Å². The van der Waals surface area contributed by atoms with Crippen LogP contribution in [-0.2, 0) is 15.6 Å². The molecular formula is C25H31NO3S. The molecule has 0 bridgehead atoms. The van der Waals surface area contributed by atoms with Gasteiger partial charge in [0.2, 0.25) is 0 Å². The Morgan fingerprint density at radius 1 is 1.07 bits per heavy atom. The van der Waals surface area contributed by atoms with Gasteiger partial charge in [0, 0.05) is 27.5 Å². The number of phenols is 1. The molecule has 2 aromatic carbocycles. The molecule has 2 N–H and O–H groups in total. The maximum absolute atomic E-state index is 11.4. The minimum absolute atomic E-state index is 0.0367. The SMILES string of the molecule is CC(C)(C)c1cc(/C=C2\CN(CC(=O)O)c3ccccc3S2)cc(C(C)(C)C)c1O. The van der Waals surface area contributed by atoms with Crippen LogP contribution in [-0.4, -0.2) is 29.3 Å². The Bertz CT molecular complexity index is 961. The van der Waals surface area contributed by atoms with E-state index in [0.29, 0.717) is 12.3 Å². The van der Waals surface area contributed by atoms with E-state index < -0.39 is 5.97 Å². The van der Waals surface area contributed by atoms with Gasteiger partial charge in [0.1, 0.15) is 12.3 Å². The van der Waals surface area contributed by atoms with Gasteiger partial charge in [-0.2, -0.15) is 0 Å². The first-order valence-corrected chi connectivity index (χ1v) is 11.0. The first kappa shape index (κ1) is 22.3. The molecule has 0 radical (unpaired) electrons. The summed E-state index contributed by atoms with van der Waals surface area (Å²) < 4.78 is 0. The van der Waals surface area contributed by atoms with Crippen LogP contribution in [0.25, 0.3) is 6.08 Å². The van der Waals surface area contributed by atoms with Crippen molar-refractivity contribution in [3.05, 3.63) is 58.0 Å². The molecule has 1 aliphatic rings. The summed E-state index contributed by atoms with van der Waals surface area (Å²) in [6, 6.07) is 12.0. The number of thioether (sulfide) groups is 1. The molecule has 0 amide bonds. The van der Waals surface area contributed by atoms with Crippen molar-refractivity contribution in [3.63, 3.8) is 0 Å². The van der Waals surface area contributed by atoms with Crippen LogP contribution in [0.2, 0.25) is 0 Å². The summed E-state index contributed by atoms with van der Waals surface area (Å²) >= 11 is 1.68. The summed E-state index contributed by atoms with van der Waals surface area (Å²) in [5.41, 5.74) is 3.44. The number of anilines is 1. The molecule has 0 unspecified atom stereocenters. The third-order valence-electron chi connectivity index (χ3n) is 5.20. The summed E-state index contributed by atoms with van der Waals surface area (Å²) in [6.45, 7) is 13.1. The largest absolute Gasteiger partial charge is 0.507 e. The highest BCUT2D eigenvalue weighted by Gasteiger charge is 2.27. The predicted octanol–water partition coefficient (Wildman–Crippen LogP) is 6.03. The first-order valence-electron chi connectivity index (χ1n) is 10.2. The zero-order valence-corrected chi connectivity index (χ0v) is 19.4. The number of rotatable bonds is 3. The fraction of sp³-hybridized carbons (Fsp3) is 0.400. The van der Waals surface area contributed by atoms with Gasteiger partial charge in [0.25, 0.3) is 0 Å². The number of carbonyl (C=O) groups is 1. The van der Waals surface area contributed by atoms with Crippen LogP contribution in [0.4, 0.5) is 5.69 Å². The van der Waals surface area contributed by atoms with Gasteiger partial charge >= 0.3 is 5.97 Å². The van der Waals surface area contributed by atoms with Gasteiger partial charge in [-0.3, -0.25) is 4.79 Å². The fourth-order valence-corrected chi connectivity index (χ4v) is 4.85. The van der Waals surface area contributed by atoms with E-state index in [2.05, 4.69) is 59.8 Å². The van der Waals surface area contributed by atoms with Gasteiger partial charge < -0.3 is 15.1 Å². The van der Waals surface area contributed by atoms with E-state index in [1.54, 1.807) is 11.8 Å². The fourth-order valence-electron chi connectivity index (χ4n) is 3.70. The molecule has 0 aromatic heterocycles. The van der Waals surface area contributed by atoms with E-state index in [-0.39, 0.29) is 17.4 Å². The average Bonchev–Trinajstić information content (AvgIpc) is 2.60. The molecule has 0 saturated carbocycles. The van der Waals surface area contributed by atoms with E-state index in [9.17, 15) is 15.0 Å². The van der Waals surface area contributed by atoms with Gasteiger partial charge in [-0.1, -0.05) is 65.4 Å². The number of hydrogen-bond donors (Lipinski definition) is 2. The number of aromatic hydroxyl groups is 1. The molecule has 30 heavy (non-hydrogen) atoms. The first-order chi connectivity index (χ1) is 13.9. The average molecular weight is 426 g/mol. The lowest BCUT2D eigenvalue weighted by Gasteiger charge is -2.31. The van der Waals surface area contributed by atoms with Crippen molar-refractivity contribution in [3.8, 4) is 5.75 Å². The van der Waals surface area contributed by atoms with Crippen molar-refractivity contribution >= 4 is 29.5 Å². The molecule has 3 rings (SSSR count). The number of phenolic OH excluding ortho intramolecular Hbond substituents is 1. The van der Waals surface area contributed by atoms with E-state index in [1.165, 1.54) is 0 Å². The molecule has 0 saturated heterocycles. The Morgan fingerprint density at radius 2 is 1.63 bits per heavy atom. The van der Waals surface area contributed by atoms with Crippen molar-refractivity contribution in [1.29, 1.82) is 0 Å². The Labute approximate surface area is 183 Å². The highest BCUT2D eigenvalue weighted by Crippen LogP contribution is 2.43. The zero-order valence-electron chi connectivity index (χ0n) is 18.6. The molecule has 0 spiro atoms. The molecule has 2 aromatic rings. The van der Waals surface area contributed by atoms with Crippen LogP contribution >= 0.6 is 11.8 Å². The molecule has 0 atom stereocenters. The summed E-state index contributed by atoms with van der Waals surface area (Å²) in [5, 5.41) is 20.3. The monoisotopic (exact) mass is 425 g/mol. The molecule has 1 heterocycles. The van der Waals surface area contributed by atoms with Gasteiger partial charge in [0.15, 0.2) is 0 Å². The summed E-state index contributed by atoms with van der Waals surface area (Å²) in [5.74, 6) is -0.475. The quantitative estimate of drug-likeness (QED) is 0.629. The topological polar surface area (TPSA) is 60.8 Å². The number of para-hydroxylation sites is 1. The van der Waals surface area contributed by atoms with Crippen molar-refractivity contribution in [2.75, 3.05) is 18.0 Å². The van der Waals surface area contributed by atoms with E-state index in [1.807, 2.05) is 29.2 Å². The Balaban J connectivity index is 2.09. The minimum atomic E-state index is -0.842. The predicted molar refractivity (Wildman–Crippen MR) is 126 cm³/mol. The molecule has 160 valence electrons. The Hall–Kier alpha value is -2.40. The van der Waals surface area contributed by atoms with Crippen molar-refractivity contribution in [2.24, 2.45) is 0 Å². The number of carboxylic acid groups (broad SMARTS) is 1. The van der Waals surface area contributed by atoms with Gasteiger partial charge in [-0.15, -0.1) is 0 Å². The van der Waals surface area contributed by atoms with E-state index in [4.69, 9.17) is 0 Å². The summed E-state index contributed by atoms with van der Waals surface area (Å²) in [7, 11) is 0. The normalized spacial score (nSPS) is 15.9. The van der Waals surface area contributed by atoms with Crippen LogP contribution in [0.1, 0.15) is 58.2 Å². The number of hydrogen-bond acceptors (Lipinski definition) is 4. The van der Waals surface area contributed by atoms with Gasteiger partial charge in [0.05, 0.1) is 5.69 Å². The zero-order chi connectivity index (χ0) is 22.3. The second-order valence-corrected chi connectivity index (χ2v) is 11.1. The maximum Gasteiger partial charge on any atom is 0.323 e. The number of benzene rings is 2. The minimum Gasteiger partial charge on any atom is -0.507 e. The Kier molecular flexibility index (Phi) is 5.96. The van der Waals surface area contributed by atoms with E-state index >= 15 is 0 Å². The Morgan fingerprint density at radius 3 is 2.17 bits per heavy atom. The smallest absolute Gasteiger partial charge is 0.323 e. The number of carboxylic acids is 1. The van der Waals surface area contributed by atoms with Crippen molar-refractivity contribution in [1.82, 2.24) is 0 Å². The summed E-state index contributed by atoms with van der Waals surface area (Å²) in [4.78, 5) is 15.4. The van der Waals surface area contributed by atoms with Crippen LogP contribution in [0, 0.1) is 0 Å². The van der Waals surface area contributed by atoms with E-state index in [0.717, 1.165) is 32.2 Å². The third-order valence-corrected chi connectivity index (χ3v) is 6.27. The second-order valence-electron chi connectivity index (χ2n) is 9.89. The molecule has 0 aliphatic carbocycles. The van der Waals surface area contributed by atoms with Crippen molar-refractivity contribution in [2.45, 2.75) is 57.3 Å². The third kappa shape index (κ3) is 4.84. The second kappa shape index (κ2) is 8.03. The van der Waals surface area contributed by atoms with Crippen LogP contribution in [0.5, 0.6) is 5.75 Å². The number of nitrogens with zero attached hydrogens (tertiary/aromatic N) is 1. The van der Waals surface area contributed by atoms with Crippen molar-refractivity contribution < 1.29 is 15.0 Å². The van der Waals surface area contributed by atoms with Gasteiger partial charge in [-0.05, 0) is 46.7 Å². The molecule has 5 heteroatoms. The highest BCUT2D eigenvalue weighted by molar-refractivity contribution is 8.03. The lowest BCUT2D eigenvalue weighted by Crippen LogP contribution is -2.33.